The van der Waals surface area contributed by atoms with Crippen LogP contribution in [0.15, 0.2) is 0 Å². The standard InChI is InChI=1S/C15H29N/c1-6-11-8-7-9-12(11)16-10-13-14(2,3)15(13,4)5/h11-13,16H,6-10H2,1-5H3. The van der Waals surface area contributed by atoms with Crippen molar-refractivity contribution in [3.63, 3.8) is 0 Å². The Bertz CT molecular complexity index is 240. The first-order valence-corrected chi connectivity index (χ1v) is 7.14. The third kappa shape index (κ3) is 1.81. The molecule has 1 N–H and O–H groups in total. The molecule has 0 radical (unpaired) electrons. The summed E-state index contributed by atoms with van der Waals surface area (Å²) >= 11 is 0. The van der Waals surface area contributed by atoms with Crippen molar-refractivity contribution in [3.05, 3.63) is 0 Å². The molecule has 0 heterocycles. The van der Waals surface area contributed by atoms with Gasteiger partial charge in [-0.3, -0.25) is 0 Å². The normalized spacial score (nSPS) is 36.6. The molecule has 2 unspecified atom stereocenters. The highest BCUT2D eigenvalue weighted by molar-refractivity contribution is 5.13. The number of hydrogen-bond donors (Lipinski definition) is 1. The van der Waals surface area contributed by atoms with E-state index in [1.54, 1.807) is 0 Å². The van der Waals surface area contributed by atoms with Gasteiger partial charge in [-0.05, 0) is 42.1 Å². The second-order valence-corrected chi connectivity index (χ2v) is 7.11. The van der Waals surface area contributed by atoms with Crippen LogP contribution in [0.2, 0.25) is 0 Å². The summed E-state index contributed by atoms with van der Waals surface area (Å²) in [6, 6.07) is 0.817. The van der Waals surface area contributed by atoms with Crippen LogP contribution in [-0.2, 0) is 0 Å². The van der Waals surface area contributed by atoms with Gasteiger partial charge < -0.3 is 5.32 Å². The van der Waals surface area contributed by atoms with E-state index in [0.717, 1.165) is 17.9 Å². The topological polar surface area (TPSA) is 12.0 Å². The lowest BCUT2D eigenvalue weighted by atomic mass is 10.0. The predicted molar refractivity (Wildman–Crippen MR) is 70.5 cm³/mol. The van der Waals surface area contributed by atoms with Crippen LogP contribution in [0.1, 0.15) is 60.3 Å². The molecular weight excluding hydrogens is 194 g/mol. The Kier molecular flexibility index (Phi) is 3.11. The molecule has 0 saturated heterocycles. The first-order valence-electron chi connectivity index (χ1n) is 7.14. The molecule has 1 heteroatoms. The average Bonchev–Trinajstić information content (AvgIpc) is 2.59. The SMILES string of the molecule is CCC1CCCC1NCC1C(C)(C)C1(C)C. The first-order chi connectivity index (χ1) is 7.41. The molecule has 16 heavy (non-hydrogen) atoms. The first kappa shape index (κ1) is 12.4. The minimum Gasteiger partial charge on any atom is -0.313 e. The Labute approximate surface area is 101 Å². The third-order valence-corrected chi connectivity index (χ3v) is 6.09. The summed E-state index contributed by atoms with van der Waals surface area (Å²) < 4.78 is 0. The van der Waals surface area contributed by atoms with E-state index in [1.807, 2.05) is 0 Å². The van der Waals surface area contributed by atoms with Crippen molar-refractivity contribution in [2.24, 2.45) is 22.7 Å². The molecular formula is C15H29N. The van der Waals surface area contributed by atoms with Crippen LogP contribution in [0.5, 0.6) is 0 Å². The second-order valence-electron chi connectivity index (χ2n) is 7.11. The van der Waals surface area contributed by atoms with Gasteiger partial charge >= 0.3 is 0 Å². The molecule has 2 saturated carbocycles. The third-order valence-electron chi connectivity index (χ3n) is 6.09. The van der Waals surface area contributed by atoms with Crippen molar-refractivity contribution in [1.29, 1.82) is 0 Å². The van der Waals surface area contributed by atoms with Gasteiger partial charge in [0.1, 0.15) is 0 Å². The highest BCUT2D eigenvalue weighted by Crippen LogP contribution is 2.68. The quantitative estimate of drug-likeness (QED) is 0.763. The largest absolute Gasteiger partial charge is 0.313 e. The van der Waals surface area contributed by atoms with E-state index >= 15 is 0 Å². The molecule has 0 aromatic rings. The van der Waals surface area contributed by atoms with Gasteiger partial charge in [0.25, 0.3) is 0 Å². The van der Waals surface area contributed by atoms with Crippen LogP contribution < -0.4 is 5.32 Å². The van der Waals surface area contributed by atoms with E-state index in [2.05, 4.69) is 39.9 Å². The van der Waals surface area contributed by atoms with Crippen molar-refractivity contribution in [2.45, 2.75) is 66.3 Å². The molecule has 0 aromatic heterocycles. The predicted octanol–water partition coefficient (Wildman–Crippen LogP) is 3.84. The number of rotatable bonds is 4. The fourth-order valence-electron chi connectivity index (χ4n) is 3.91. The van der Waals surface area contributed by atoms with Crippen molar-refractivity contribution >= 4 is 0 Å². The lowest BCUT2D eigenvalue weighted by molar-refractivity contribution is 0.372. The Balaban J connectivity index is 1.81. The van der Waals surface area contributed by atoms with Crippen LogP contribution in [0, 0.1) is 22.7 Å². The Morgan fingerprint density at radius 2 is 1.69 bits per heavy atom. The molecule has 2 fully saturated rings. The van der Waals surface area contributed by atoms with E-state index in [4.69, 9.17) is 0 Å². The van der Waals surface area contributed by atoms with Crippen LogP contribution in [0.3, 0.4) is 0 Å². The lowest BCUT2D eigenvalue weighted by Crippen LogP contribution is -2.34. The maximum Gasteiger partial charge on any atom is 0.00953 e. The Morgan fingerprint density at radius 1 is 1.06 bits per heavy atom. The van der Waals surface area contributed by atoms with Crippen molar-refractivity contribution in [3.8, 4) is 0 Å². The zero-order chi connectivity index (χ0) is 12.0. The molecule has 94 valence electrons. The van der Waals surface area contributed by atoms with E-state index in [0.29, 0.717) is 10.8 Å². The zero-order valence-corrected chi connectivity index (χ0v) is 11.8. The smallest absolute Gasteiger partial charge is 0.00953 e. The van der Waals surface area contributed by atoms with E-state index in [1.165, 1.54) is 32.2 Å². The lowest BCUT2D eigenvalue weighted by Gasteiger charge is -2.20. The molecule has 2 aliphatic carbocycles. The van der Waals surface area contributed by atoms with Gasteiger partial charge in [0.2, 0.25) is 0 Å². The summed E-state index contributed by atoms with van der Waals surface area (Å²) in [6.07, 6.45) is 5.65. The highest BCUT2D eigenvalue weighted by Gasteiger charge is 2.63. The summed E-state index contributed by atoms with van der Waals surface area (Å²) in [4.78, 5) is 0. The summed E-state index contributed by atoms with van der Waals surface area (Å²) in [5, 5.41) is 3.86. The van der Waals surface area contributed by atoms with E-state index in [9.17, 15) is 0 Å². The van der Waals surface area contributed by atoms with Gasteiger partial charge in [-0.15, -0.1) is 0 Å². The Morgan fingerprint density at radius 3 is 2.19 bits per heavy atom. The fourth-order valence-corrected chi connectivity index (χ4v) is 3.91. The summed E-state index contributed by atoms with van der Waals surface area (Å²) in [5.74, 6) is 1.82. The second kappa shape index (κ2) is 4.01. The molecule has 0 aliphatic heterocycles. The van der Waals surface area contributed by atoms with Gasteiger partial charge in [-0.25, -0.2) is 0 Å². The minimum absolute atomic E-state index is 0.542. The Hall–Kier alpha value is -0.0400. The summed E-state index contributed by atoms with van der Waals surface area (Å²) in [7, 11) is 0. The van der Waals surface area contributed by atoms with Crippen LogP contribution in [-0.4, -0.2) is 12.6 Å². The van der Waals surface area contributed by atoms with Crippen molar-refractivity contribution in [2.75, 3.05) is 6.54 Å². The number of hydrogen-bond acceptors (Lipinski definition) is 1. The van der Waals surface area contributed by atoms with Crippen molar-refractivity contribution in [1.82, 2.24) is 5.32 Å². The van der Waals surface area contributed by atoms with Crippen molar-refractivity contribution < 1.29 is 0 Å². The minimum atomic E-state index is 0.542. The van der Waals surface area contributed by atoms with Gasteiger partial charge in [0, 0.05) is 6.04 Å². The molecule has 0 aromatic carbocycles. The van der Waals surface area contributed by atoms with Gasteiger partial charge in [-0.2, -0.15) is 0 Å². The zero-order valence-electron chi connectivity index (χ0n) is 11.8. The van der Waals surface area contributed by atoms with Crippen LogP contribution in [0.25, 0.3) is 0 Å². The van der Waals surface area contributed by atoms with Gasteiger partial charge in [-0.1, -0.05) is 47.5 Å². The average molecular weight is 223 g/mol. The number of nitrogens with one attached hydrogen (secondary N) is 1. The molecule has 0 spiro atoms. The van der Waals surface area contributed by atoms with Gasteiger partial charge in [0.05, 0.1) is 0 Å². The van der Waals surface area contributed by atoms with Crippen LogP contribution >= 0.6 is 0 Å². The molecule has 2 aliphatic rings. The fraction of sp³-hybridized carbons (Fsp3) is 1.00. The van der Waals surface area contributed by atoms with E-state index in [-0.39, 0.29) is 0 Å². The molecule has 2 atom stereocenters. The van der Waals surface area contributed by atoms with Crippen LogP contribution in [0.4, 0.5) is 0 Å². The molecule has 0 bridgehead atoms. The maximum absolute atomic E-state index is 3.86. The highest BCUT2D eigenvalue weighted by atomic mass is 15.0. The summed E-state index contributed by atoms with van der Waals surface area (Å²) in [6.45, 7) is 13.3. The monoisotopic (exact) mass is 223 g/mol. The van der Waals surface area contributed by atoms with E-state index < -0.39 is 0 Å². The molecule has 0 amide bonds. The molecule has 1 nitrogen and oxygen atoms in total. The molecule has 2 rings (SSSR count). The maximum atomic E-state index is 3.86. The van der Waals surface area contributed by atoms with Gasteiger partial charge in [0.15, 0.2) is 0 Å². The summed E-state index contributed by atoms with van der Waals surface area (Å²) in [5.41, 5.74) is 1.08.